The van der Waals surface area contributed by atoms with Crippen LogP contribution >= 0.6 is 0 Å². The van der Waals surface area contributed by atoms with Crippen LogP contribution < -0.4 is 10.5 Å². The predicted octanol–water partition coefficient (Wildman–Crippen LogP) is 1.16. The third kappa shape index (κ3) is 3.01. The van der Waals surface area contributed by atoms with Crippen LogP contribution in [-0.2, 0) is 0 Å². The normalized spacial score (nSPS) is 17.1. The number of rotatable bonds is 4. The first-order valence-electron chi connectivity index (χ1n) is 4.68. The van der Waals surface area contributed by atoms with Crippen LogP contribution in [0.1, 0.15) is 13.8 Å². The van der Waals surface area contributed by atoms with Crippen molar-refractivity contribution in [3.05, 3.63) is 30.3 Å². The van der Waals surface area contributed by atoms with Crippen LogP contribution in [-0.4, -0.2) is 23.4 Å². The zero-order chi connectivity index (χ0) is 10.6. The van der Waals surface area contributed by atoms with E-state index >= 15 is 0 Å². The Morgan fingerprint density at radius 1 is 1.43 bits per heavy atom. The molecule has 2 atom stereocenters. The van der Waals surface area contributed by atoms with Crippen molar-refractivity contribution < 1.29 is 9.84 Å². The van der Waals surface area contributed by atoms with Crippen molar-refractivity contribution in [1.82, 2.24) is 0 Å². The second-order valence-electron chi connectivity index (χ2n) is 3.75. The van der Waals surface area contributed by atoms with Crippen molar-refractivity contribution in [3.63, 3.8) is 0 Å². The van der Waals surface area contributed by atoms with Gasteiger partial charge in [-0.25, -0.2) is 0 Å². The number of para-hydroxylation sites is 1. The van der Waals surface area contributed by atoms with Crippen LogP contribution in [0.2, 0.25) is 0 Å². The lowest BCUT2D eigenvalue weighted by molar-refractivity contribution is -0.00555. The van der Waals surface area contributed by atoms with Crippen LogP contribution in [0, 0.1) is 0 Å². The maximum Gasteiger partial charge on any atom is 0.119 e. The minimum atomic E-state index is -0.990. The van der Waals surface area contributed by atoms with E-state index in [1.807, 2.05) is 30.3 Å². The fourth-order valence-corrected chi connectivity index (χ4v) is 0.878. The van der Waals surface area contributed by atoms with E-state index in [1.54, 1.807) is 13.8 Å². The lowest BCUT2D eigenvalue weighted by Crippen LogP contribution is -2.47. The van der Waals surface area contributed by atoms with Crippen LogP contribution in [0.5, 0.6) is 5.75 Å². The standard InChI is InChI=1S/C11H17NO2/c1-9(12)11(2,13)8-14-10-6-4-3-5-7-10/h3-7,9,13H,8,12H2,1-2H3. The van der Waals surface area contributed by atoms with E-state index in [0.717, 1.165) is 5.75 Å². The summed E-state index contributed by atoms with van der Waals surface area (Å²) in [6.07, 6.45) is 0. The average molecular weight is 195 g/mol. The van der Waals surface area contributed by atoms with Gasteiger partial charge >= 0.3 is 0 Å². The summed E-state index contributed by atoms with van der Waals surface area (Å²) < 4.78 is 5.40. The minimum absolute atomic E-state index is 0.203. The third-order valence-electron chi connectivity index (χ3n) is 2.26. The Hall–Kier alpha value is -1.06. The van der Waals surface area contributed by atoms with Gasteiger partial charge in [0.2, 0.25) is 0 Å². The van der Waals surface area contributed by atoms with Gasteiger partial charge in [-0.2, -0.15) is 0 Å². The van der Waals surface area contributed by atoms with E-state index in [4.69, 9.17) is 10.5 Å². The molecular weight excluding hydrogens is 178 g/mol. The van der Waals surface area contributed by atoms with Crippen molar-refractivity contribution in [3.8, 4) is 5.75 Å². The molecule has 14 heavy (non-hydrogen) atoms. The predicted molar refractivity (Wildman–Crippen MR) is 56.2 cm³/mol. The quantitative estimate of drug-likeness (QED) is 0.758. The second-order valence-corrected chi connectivity index (χ2v) is 3.75. The van der Waals surface area contributed by atoms with Crippen LogP contribution in [0.3, 0.4) is 0 Å². The molecule has 2 unspecified atom stereocenters. The second kappa shape index (κ2) is 4.44. The van der Waals surface area contributed by atoms with Crippen molar-refractivity contribution in [1.29, 1.82) is 0 Å². The maximum atomic E-state index is 9.80. The van der Waals surface area contributed by atoms with E-state index in [0.29, 0.717) is 0 Å². The van der Waals surface area contributed by atoms with Gasteiger partial charge in [0.1, 0.15) is 18.0 Å². The highest BCUT2D eigenvalue weighted by molar-refractivity contribution is 5.21. The molecule has 3 nitrogen and oxygen atoms in total. The smallest absolute Gasteiger partial charge is 0.119 e. The van der Waals surface area contributed by atoms with Crippen LogP contribution in [0.25, 0.3) is 0 Å². The highest BCUT2D eigenvalue weighted by Gasteiger charge is 2.26. The molecule has 78 valence electrons. The summed E-state index contributed by atoms with van der Waals surface area (Å²) in [7, 11) is 0. The number of aliphatic hydroxyl groups is 1. The molecule has 1 rings (SSSR count). The average Bonchev–Trinajstić information content (AvgIpc) is 2.16. The lowest BCUT2D eigenvalue weighted by atomic mass is 10.0. The van der Waals surface area contributed by atoms with Crippen molar-refractivity contribution in [2.45, 2.75) is 25.5 Å². The molecule has 0 aliphatic heterocycles. The summed E-state index contributed by atoms with van der Waals surface area (Å²) in [5.74, 6) is 0.744. The summed E-state index contributed by atoms with van der Waals surface area (Å²) in [5.41, 5.74) is 4.61. The summed E-state index contributed by atoms with van der Waals surface area (Å²) in [5, 5.41) is 9.80. The highest BCUT2D eigenvalue weighted by Crippen LogP contribution is 2.13. The Morgan fingerprint density at radius 2 is 2.00 bits per heavy atom. The molecule has 0 radical (unpaired) electrons. The van der Waals surface area contributed by atoms with Gasteiger partial charge in [-0.3, -0.25) is 0 Å². The fourth-order valence-electron chi connectivity index (χ4n) is 0.878. The molecule has 0 aliphatic carbocycles. The first-order valence-corrected chi connectivity index (χ1v) is 4.68. The Balaban J connectivity index is 2.49. The monoisotopic (exact) mass is 195 g/mol. The molecule has 1 aromatic rings. The number of hydrogen-bond acceptors (Lipinski definition) is 3. The molecule has 0 aliphatic rings. The number of hydrogen-bond donors (Lipinski definition) is 2. The van der Waals surface area contributed by atoms with Gasteiger partial charge in [-0.1, -0.05) is 18.2 Å². The molecule has 3 heteroatoms. The Labute approximate surface area is 84.5 Å². The zero-order valence-electron chi connectivity index (χ0n) is 8.60. The van der Waals surface area contributed by atoms with Crippen LogP contribution in [0.15, 0.2) is 30.3 Å². The Bertz CT molecular complexity index is 270. The van der Waals surface area contributed by atoms with Gasteiger partial charge in [-0.15, -0.1) is 0 Å². The summed E-state index contributed by atoms with van der Waals surface area (Å²) in [4.78, 5) is 0. The zero-order valence-corrected chi connectivity index (χ0v) is 8.60. The summed E-state index contributed by atoms with van der Waals surface area (Å²) in [6, 6.07) is 9.06. The van der Waals surface area contributed by atoms with E-state index in [2.05, 4.69) is 0 Å². The Kier molecular flexibility index (Phi) is 3.49. The van der Waals surface area contributed by atoms with Crippen LogP contribution in [0.4, 0.5) is 0 Å². The van der Waals surface area contributed by atoms with E-state index < -0.39 is 5.60 Å². The highest BCUT2D eigenvalue weighted by atomic mass is 16.5. The van der Waals surface area contributed by atoms with Crippen molar-refractivity contribution in [2.24, 2.45) is 5.73 Å². The van der Waals surface area contributed by atoms with E-state index in [1.165, 1.54) is 0 Å². The molecule has 3 N–H and O–H groups in total. The van der Waals surface area contributed by atoms with Gasteiger partial charge in [0.15, 0.2) is 0 Å². The Morgan fingerprint density at radius 3 is 2.50 bits per heavy atom. The molecule has 0 heterocycles. The number of nitrogens with two attached hydrogens (primary N) is 1. The molecule has 0 spiro atoms. The molecule has 0 saturated heterocycles. The SMILES string of the molecule is CC(N)C(C)(O)COc1ccccc1. The van der Waals surface area contributed by atoms with E-state index in [-0.39, 0.29) is 12.6 Å². The van der Waals surface area contributed by atoms with Crippen molar-refractivity contribution in [2.75, 3.05) is 6.61 Å². The van der Waals surface area contributed by atoms with Gasteiger partial charge in [0, 0.05) is 6.04 Å². The summed E-state index contributed by atoms with van der Waals surface area (Å²) in [6.45, 7) is 3.63. The largest absolute Gasteiger partial charge is 0.491 e. The first kappa shape index (κ1) is 11.0. The van der Waals surface area contributed by atoms with Gasteiger partial charge in [0.05, 0.1) is 0 Å². The molecule has 0 saturated carbocycles. The fraction of sp³-hybridized carbons (Fsp3) is 0.455. The lowest BCUT2D eigenvalue weighted by Gasteiger charge is -2.27. The van der Waals surface area contributed by atoms with Crippen molar-refractivity contribution >= 4 is 0 Å². The topological polar surface area (TPSA) is 55.5 Å². The summed E-state index contributed by atoms with van der Waals surface area (Å²) >= 11 is 0. The third-order valence-corrected chi connectivity index (χ3v) is 2.26. The first-order chi connectivity index (χ1) is 6.52. The minimum Gasteiger partial charge on any atom is -0.491 e. The molecule has 1 aromatic carbocycles. The van der Waals surface area contributed by atoms with Gasteiger partial charge in [0.25, 0.3) is 0 Å². The number of benzene rings is 1. The molecule has 0 amide bonds. The van der Waals surface area contributed by atoms with Gasteiger partial charge < -0.3 is 15.6 Å². The molecule has 0 bridgehead atoms. The molecule has 0 fully saturated rings. The number of ether oxygens (including phenoxy) is 1. The maximum absolute atomic E-state index is 9.80. The molecular formula is C11H17NO2. The molecule has 0 aromatic heterocycles. The van der Waals surface area contributed by atoms with Gasteiger partial charge in [-0.05, 0) is 26.0 Å². The van der Waals surface area contributed by atoms with E-state index in [9.17, 15) is 5.11 Å².